The molecular weight excluding hydrogens is 1060 g/mol. The minimum Gasteiger partial charge on any atom is -0.370 e. The number of likely N-dealkylation sites (tertiary alicyclic amines) is 1. The molecule has 0 radical (unpaired) electrons. The summed E-state index contributed by atoms with van der Waals surface area (Å²) >= 11 is 0. The number of primary amides is 3. The first kappa shape index (κ1) is 60.8. The molecule has 79 heavy (non-hydrogen) atoms. The summed E-state index contributed by atoms with van der Waals surface area (Å²) in [5.41, 5.74) is 28.8. The van der Waals surface area contributed by atoms with Gasteiger partial charge in [-0.1, -0.05) is 102 Å². The Labute approximate surface area is 465 Å². The van der Waals surface area contributed by atoms with E-state index in [1.165, 1.54) is 20.6 Å². The van der Waals surface area contributed by atoms with Crippen LogP contribution in [0.3, 0.4) is 0 Å². The van der Waals surface area contributed by atoms with Crippen LogP contribution in [0.15, 0.2) is 65.7 Å². The van der Waals surface area contributed by atoms with E-state index in [0.29, 0.717) is 37.7 Å². The highest BCUT2D eigenvalue weighted by Crippen LogP contribution is 2.48. The number of hydrogen-bond donors (Lipinski definition) is 10. The van der Waals surface area contributed by atoms with E-state index in [9.17, 15) is 38.4 Å². The molecular formula is C52H72N14O11S2. The maximum absolute atomic E-state index is 15.5. The number of hydrogen-bond acceptors (Lipinski definition) is 14. The zero-order valence-electron chi connectivity index (χ0n) is 43.9. The van der Waals surface area contributed by atoms with E-state index in [1.807, 2.05) is 30.3 Å². The van der Waals surface area contributed by atoms with Gasteiger partial charge in [0.1, 0.15) is 47.0 Å². The fourth-order valence-electron chi connectivity index (χ4n) is 10.3. The first-order valence-electron chi connectivity index (χ1n) is 26.5. The Kier molecular flexibility index (Phi) is 22.3. The van der Waals surface area contributed by atoms with Gasteiger partial charge in [0.2, 0.25) is 65.0 Å². The minimum absolute atomic E-state index is 0.0137. The number of piperazine rings is 1. The van der Waals surface area contributed by atoms with Gasteiger partial charge in [-0.25, -0.2) is 0 Å². The molecule has 1 saturated carbocycles. The second kappa shape index (κ2) is 29.0. The van der Waals surface area contributed by atoms with Crippen LogP contribution in [-0.2, 0) is 65.6 Å². The van der Waals surface area contributed by atoms with Crippen molar-refractivity contribution in [2.45, 2.75) is 137 Å². The molecule has 4 heterocycles. The highest BCUT2D eigenvalue weighted by atomic mass is 33.1. The predicted molar refractivity (Wildman–Crippen MR) is 294 cm³/mol. The fraction of sp³-hybridized carbons (Fsp3) is 0.538. The maximum Gasteiger partial charge on any atom is 0.246 e. The third kappa shape index (κ3) is 17.0. The molecule has 2 bridgehead atoms. The van der Waals surface area contributed by atoms with Crippen molar-refractivity contribution in [3.05, 3.63) is 71.8 Å². The number of benzene rings is 2. The molecule has 7 atom stereocenters. The van der Waals surface area contributed by atoms with Gasteiger partial charge in [-0.05, 0) is 56.1 Å². The SMILES string of the molecule is NC(=O)CC[C@@H]1NC(=O)[C@H](Cc2ccccc2)N2CCN(C(=O)C3(CCCCC3)SSC[C@@H](C(=O)N3CCC[C@H]3C(=O)N[C@@H](CCCN=C(N)N)C(=O)NCC(N)=O)NC(=O)[C@H](CC(N)=O)NC1=O)[C@@H](Cc1ccccc1)C2=O. The number of carbonyl (C=O) groups is 11. The van der Waals surface area contributed by atoms with Crippen molar-refractivity contribution < 1.29 is 52.7 Å². The predicted octanol–water partition coefficient (Wildman–Crippen LogP) is -2.30. The number of fused-ring (bicyclic) bond motifs is 14. The van der Waals surface area contributed by atoms with Crippen LogP contribution in [0.5, 0.6) is 0 Å². The van der Waals surface area contributed by atoms with Crippen LogP contribution >= 0.6 is 21.6 Å². The van der Waals surface area contributed by atoms with E-state index < -0.39 is 125 Å². The van der Waals surface area contributed by atoms with Crippen molar-refractivity contribution in [1.82, 2.24) is 41.3 Å². The summed E-state index contributed by atoms with van der Waals surface area (Å²) in [4.78, 5) is 162. The van der Waals surface area contributed by atoms with Crippen LogP contribution in [0.4, 0.5) is 0 Å². The van der Waals surface area contributed by atoms with Crippen LogP contribution in [0, 0.1) is 0 Å². The Morgan fingerprint density at radius 1 is 0.709 bits per heavy atom. The maximum atomic E-state index is 15.5. The molecule has 11 amide bonds. The van der Waals surface area contributed by atoms with Gasteiger partial charge in [0.05, 0.1) is 13.0 Å². The molecule has 0 aromatic heterocycles. The third-order valence-corrected chi connectivity index (χ3v) is 17.5. The van der Waals surface area contributed by atoms with E-state index in [1.54, 1.807) is 35.2 Å². The average Bonchev–Trinajstić information content (AvgIpc) is 4.03. The molecule has 27 heteroatoms. The van der Waals surface area contributed by atoms with Gasteiger partial charge in [-0.2, -0.15) is 0 Å². The number of nitrogens with zero attached hydrogens (tertiary/aromatic N) is 4. The number of carbonyl (C=O) groups excluding carboxylic acids is 11. The van der Waals surface area contributed by atoms with Crippen molar-refractivity contribution in [1.29, 1.82) is 0 Å². The Bertz CT molecular complexity index is 2590. The van der Waals surface area contributed by atoms with Crippen molar-refractivity contribution in [2.24, 2.45) is 33.7 Å². The van der Waals surface area contributed by atoms with E-state index in [-0.39, 0.29) is 82.3 Å². The topological polar surface area (TPSA) is 400 Å². The first-order valence-corrected chi connectivity index (χ1v) is 28.8. The summed E-state index contributed by atoms with van der Waals surface area (Å²) in [5, 5.41) is 12.9. The van der Waals surface area contributed by atoms with Gasteiger partial charge >= 0.3 is 0 Å². The van der Waals surface area contributed by atoms with Crippen LogP contribution in [0.2, 0.25) is 0 Å². The first-order chi connectivity index (χ1) is 37.8. The van der Waals surface area contributed by atoms with Crippen molar-refractivity contribution in [3.63, 3.8) is 0 Å². The van der Waals surface area contributed by atoms with Gasteiger partial charge in [0.25, 0.3) is 0 Å². The zero-order valence-corrected chi connectivity index (χ0v) is 45.6. The Morgan fingerprint density at radius 2 is 1.33 bits per heavy atom. The molecule has 0 unspecified atom stereocenters. The molecule has 15 N–H and O–H groups in total. The van der Waals surface area contributed by atoms with Gasteiger partial charge in [0, 0.05) is 51.2 Å². The zero-order chi connectivity index (χ0) is 57.2. The lowest BCUT2D eigenvalue weighted by Gasteiger charge is -2.47. The standard InChI is InChI=1S/C52H72N14O11S2/c53-40(67)19-18-34-44(71)62-35(28-41(54)68)45(72)63-36(48(75)64-23-11-17-37(64)46(73)60-33(16-10-22-58-51(56)57)43(70)59-29-42(55)69)30-78-79-52(20-8-3-9-21-52)50(77)66-25-24-65(49(76)39(66)27-32-14-6-2-7-15-32)38(47(74)61-34)26-31-12-4-1-5-13-31/h1-2,4-7,12-15,33-39H,3,8-11,16-30H2,(H2,53,67)(H2,54,68)(H2,55,69)(H,59,70)(H,60,73)(H,61,74)(H,62,71)(H,63,72)(H4,56,57,58)/t33-,34-,35-,36-,37-,38-,39-/m0/s1. The van der Waals surface area contributed by atoms with Gasteiger partial charge in [0.15, 0.2) is 5.96 Å². The van der Waals surface area contributed by atoms with E-state index in [0.717, 1.165) is 22.8 Å². The molecule has 2 aromatic carbocycles. The molecule has 5 aliphatic rings. The summed E-state index contributed by atoms with van der Waals surface area (Å²) < 4.78 is -1.13. The summed E-state index contributed by atoms with van der Waals surface area (Å²) in [5.74, 6) is -8.96. The molecule has 25 nitrogen and oxygen atoms in total. The lowest BCUT2D eigenvalue weighted by atomic mass is 9.86. The Morgan fingerprint density at radius 3 is 1.95 bits per heavy atom. The van der Waals surface area contributed by atoms with Crippen LogP contribution < -0.4 is 55.3 Å². The van der Waals surface area contributed by atoms with E-state index >= 15 is 14.4 Å². The second-order valence-corrected chi connectivity index (χ2v) is 22.8. The largest absolute Gasteiger partial charge is 0.370 e. The lowest BCUT2D eigenvalue weighted by Crippen LogP contribution is -2.67. The summed E-state index contributed by atoms with van der Waals surface area (Å²) in [6, 6.07) is 8.52. The smallest absolute Gasteiger partial charge is 0.246 e. The van der Waals surface area contributed by atoms with Crippen LogP contribution in [-0.4, -0.2) is 171 Å². The molecule has 7 rings (SSSR count). The van der Waals surface area contributed by atoms with Gasteiger partial charge < -0.3 is 70.0 Å². The number of guanidine groups is 1. The second-order valence-electron chi connectivity index (χ2n) is 20.1. The third-order valence-electron chi connectivity index (χ3n) is 14.3. The number of nitrogens with one attached hydrogen (secondary N) is 5. The fourth-order valence-corrected chi connectivity index (χ4v) is 13.6. The minimum atomic E-state index is -1.76. The van der Waals surface area contributed by atoms with Crippen molar-refractivity contribution in [3.8, 4) is 0 Å². The number of aliphatic imine (C=N–C) groups is 1. The number of nitrogens with two attached hydrogens (primary N) is 5. The van der Waals surface area contributed by atoms with E-state index in [4.69, 9.17) is 28.7 Å². The van der Waals surface area contributed by atoms with Crippen molar-refractivity contribution >= 4 is 92.5 Å². The molecule has 4 saturated heterocycles. The van der Waals surface area contributed by atoms with E-state index in [2.05, 4.69) is 31.6 Å². The summed E-state index contributed by atoms with van der Waals surface area (Å²) in [7, 11) is 2.35. The summed E-state index contributed by atoms with van der Waals surface area (Å²) in [6.45, 7) is -0.413. The molecule has 1 aliphatic carbocycles. The van der Waals surface area contributed by atoms with Gasteiger partial charge in [-0.15, -0.1) is 0 Å². The molecule has 1 spiro atoms. The molecule has 428 valence electrons. The Hall–Kier alpha value is -7.42. The summed E-state index contributed by atoms with van der Waals surface area (Å²) in [6.07, 6.45) is 2.22. The van der Waals surface area contributed by atoms with Gasteiger partial charge in [-0.3, -0.25) is 57.7 Å². The highest BCUT2D eigenvalue weighted by Gasteiger charge is 2.50. The lowest BCUT2D eigenvalue weighted by molar-refractivity contribution is -0.157. The Balaban J connectivity index is 1.39. The number of rotatable bonds is 19. The molecule has 5 fully saturated rings. The highest BCUT2D eigenvalue weighted by molar-refractivity contribution is 8.77. The normalized spacial score (nSPS) is 23.4. The quantitative estimate of drug-likeness (QED) is 0.0233. The monoisotopic (exact) mass is 1130 g/mol. The molecule has 2 aromatic rings. The van der Waals surface area contributed by atoms with Crippen LogP contribution in [0.25, 0.3) is 0 Å². The van der Waals surface area contributed by atoms with Crippen molar-refractivity contribution in [2.75, 3.05) is 38.5 Å². The average molecular weight is 1130 g/mol. The molecule has 4 aliphatic heterocycles. The number of amides is 11. The van der Waals surface area contributed by atoms with Crippen LogP contribution in [0.1, 0.15) is 88.2 Å².